The number of hydrogen-bond donors (Lipinski definition) is 0. The molecule has 0 unspecified atom stereocenters. The van der Waals surface area contributed by atoms with Gasteiger partial charge in [0, 0.05) is 31.5 Å². The Bertz CT molecular complexity index is 989. The Labute approximate surface area is 182 Å². The van der Waals surface area contributed by atoms with Crippen molar-refractivity contribution in [3.8, 4) is 0 Å². The van der Waals surface area contributed by atoms with E-state index in [9.17, 15) is 13.2 Å². The lowest BCUT2D eigenvalue weighted by atomic mass is 10.1. The average molecular weight is 455 g/mol. The van der Waals surface area contributed by atoms with Crippen molar-refractivity contribution in [3.05, 3.63) is 63.6 Å². The van der Waals surface area contributed by atoms with Gasteiger partial charge < -0.3 is 9.80 Å². The Morgan fingerprint density at radius 2 is 1.79 bits per heavy atom. The van der Waals surface area contributed by atoms with Gasteiger partial charge in [0.15, 0.2) is 9.84 Å². The molecule has 1 saturated heterocycles. The van der Waals surface area contributed by atoms with Gasteiger partial charge in [-0.15, -0.1) is 0 Å². The Morgan fingerprint density at radius 1 is 1.07 bits per heavy atom. The van der Waals surface area contributed by atoms with Gasteiger partial charge in [-0.2, -0.15) is 0 Å². The summed E-state index contributed by atoms with van der Waals surface area (Å²) >= 11 is 12.1. The van der Waals surface area contributed by atoms with E-state index in [1.807, 2.05) is 6.07 Å². The Morgan fingerprint density at radius 3 is 2.45 bits per heavy atom. The van der Waals surface area contributed by atoms with Gasteiger partial charge in [0.2, 0.25) is 0 Å². The zero-order chi connectivity index (χ0) is 21.0. The van der Waals surface area contributed by atoms with Gasteiger partial charge in [-0.05, 0) is 61.8 Å². The maximum atomic E-state index is 13.2. The zero-order valence-corrected chi connectivity index (χ0v) is 18.6. The van der Waals surface area contributed by atoms with Crippen molar-refractivity contribution in [3.63, 3.8) is 0 Å². The molecule has 0 bridgehead atoms. The predicted octanol–water partition coefficient (Wildman–Crippen LogP) is 4.14. The van der Waals surface area contributed by atoms with E-state index in [1.165, 1.54) is 25.0 Å². The highest BCUT2D eigenvalue weighted by Crippen LogP contribution is 2.24. The zero-order valence-electron chi connectivity index (χ0n) is 16.3. The smallest absolute Gasteiger partial charge is 0.254 e. The van der Waals surface area contributed by atoms with Crippen molar-refractivity contribution in [2.45, 2.75) is 24.3 Å². The van der Waals surface area contributed by atoms with E-state index in [0.717, 1.165) is 31.5 Å². The van der Waals surface area contributed by atoms with Gasteiger partial charge in [0.25, 0.3) is 5.91 Å². The number of benzene rings is 2. The summed E-state index contributed by atoms with van der Waals surface area (Å²) in [5.74, 6) is -0.208. The van der Waals surface area contributed by atoms with Gasteiger partial charge in [-0.1, -0.05) is 35.3 Å². The monoisotopic (exact) mass is 454 g/mol. The second-order valence-electron chi connectivity index (χ2n) is 7.32. The molecule has 1 amide bonds. The molecule has 0 aromatic heterocycles. The summed E-state index contributed by atoms with van der Waals surface area (Å²) in [6, 6.07) is 11.5. The molecule has 29 heavy (non-hydrogen) atoms. The maximum Gasteiger partial charge on any atom is 0.254 e. The molecule has 0 spiro atoms. The highest BCUT2D eigenvalue weighted by Gasteiger charge is 2.20. The van der Waals surface area contributed by atoms with Gasteiger partial charge >= 0.3 is 0 Å². The first-order valence-corrected chi connectivity index (χ1v) is 12.1. The number of carbonyl (C=O) groups excluding carboxylic acids is 1. The van der Waals surface area contributed by atoms with E-state index in [1.54, 1.807) is 29.2 Å². The third-order valence-corrected chi connectivity index (χ3v) is 6.89. The molecule has 156 valence electrons. The minimum Gasteiger partial charge on any atom is -0.333 e. The summed E-state index contributed by atoms with van der Waals surface area (Å²) < 4.78 is 23.8. The van der Waals surface area contributed by atoms with Crippen molar-refractivity contribution < 1.29 is 13.2 Å². The van der Waals surface area contributed by atoms with Crippen molar-refractivity contribution in [2.24, 2.45) is 0 Å². The fourth-order valence-electron chi connectivity index (χ4n) is 3.42. The predicted molar refractivity (Wildman–Crippen MR) is 116 cm³/mol. The molecule has 0 atom stereocenters. The Balaban J connectivity index is 1.84. The van der Waals surface area contributed by atoms with Crippen LogP contribution in [0.3, 0.4) is 0 Å². The summed E-state index contributed by atoms with van der Waals surface area (Å²) in [4.78, 5) is 17.4. The normalized spacial score (nSPS) is 14.9. The van der Waals surface area contributed by atoms with E-state index in [4.69, 9.17) is 23.2 Å². The summed E-state index contributed by atoms with van der Waals surface area (Å²) in [6.45, 7) is 3.77. The number of halogens is 2. The molecule has 1 aliphatic rings. The van der Waals surface area contributed by atoms with Gasteiger partial charge in [-0.3, -0.25) is 4.79 Å². The van der Waals surface area contributed by atoms with Crippen molar-refractivity contribution in [1.82, 2.24) is 9.80 Å². The molecule has 3 rings (SSSR count). The molecule has 1 fully saturated rings. The lowest BCUT2D eigenvalue weighted by Crippen LogP contribution is -2.37. The summed E-state index contributed by atoms with van der Waals surface area (Å²) in [7, 11) is -3.39. The van der Waals surface area contributed by atoms with Crippen LogP contribution in [0, 0.1) is 0 Å². The molecule has 0 saturated carbocycles. The van der Waals surface area contributed by atoms with Gasteiger partial charge in [0.05, 0.1) is 14.9 Å². The van der Waals surface area contributed by atoms with Gasteiger partial charge in [-0.25, -0.2) is 8.42 Å². The van der Waals surface area contributed by atoms with Crippen molar-refractivity contribution in [1.29, 1.82) is 0 Å². The molecule has 1 heterocycles. The quantitative estimate of drug-likeness (QED) is 0.630. The number of likely N-dealkylation sites (tertiary alicyclic amines) is 1. The molecule has 0 radical (unpaired) electrons. The van der Waals surface area contributed by atoms with Crippen LogP contribution in [-0.2, 0) is 16.4 Å². The molecule has 0 N–H and O–H groups in total. The van der Waals surface area contributed by atoms with Crippen LogP contribution < -0.4 is 0 Å². The standard InChI is InChI=1S/C21H24Cl2N2O3S/c1-29(27,28)18-6-4-5-17(14-18)21(26)25(12-11-24-9-2-3-10-24)15-16-7-8-19(22)20(23)13-16/h4-8,13-14H,2-3,9-12,15H2,1H3. The number of amides is 1. The third-order valence-electron chi connectivity index (χ3n) is 5.04. The highest BCUT2D eigenvalue weighted by atomic mass is 35.5. The number of rotatable bonds is 7. The van der Waals surface area contributed by atoms with E-state index in [-0.39, 0.29) is 10.8 Å². The first-order chi connectivity index (χ1) is 13.7. The summed E-state index contributed by atoms with van der Waals surface area (Å²) in [5.41, 5.74) is 1.22. The molecule has 5 nitrogen and oxygen atoms in total. The minimum atomic E-state index is -3.39. The minimum absolute atomic E-state index is 0.136. The number of nitrogens with zero attached hydrogens (tertiary/aromatic N) is 2. The third kappa shape index (κ3) is 5.95. The van der Waals surface area contributed by atoms with Crippen LogP contribution in [0.2, 0.25) is 10.0 Å². The molecule has 8 heteroatoms. The van der Waals surface area contributed by atoms with Gasteiger partial charge in [0.1, 0.15) is 0 Å². The van der Waals surface area contributed by atoms with Crippen LogP contribution in [0.4, 0.5) is 0 Å². The lowest BCUT2D eigenvalue weighted by molar-refractivity contribution is 0.0727. The van der Waals surface area contributed by atoms with Crippen molar-refractivity contribution >= 4 is 38.9 Å². The number of hydrogen-bond acceptors (Lipinski definition) is 4. The van der Waals surface area contributed by atoms with Crippen LogP contribution in [-0.4, -0.2) is 56.6 Å². The second-order valence-corrected chi connectivity index (χ2v) is 10.2. The Kier molecular flexibility index (Phi) is 7.22. The van der Waals surface area contributed by atoms with E-state index in [0.29, 0.717) is 28.7 Å². The summed E-state index contributed by atoms with van der Waals surface area (Å²) in [6.07, 6.45) is 3.49. The van der Waals surface area contributed by atoms with E-state index >= 15 is 0 Å². The number of carbonyl (C=O) groups is 1. The molecule has 2 aromatic carbocycles. The average Bonchev–Trinajstić information content (AvgIpc) is 3.20. The van der Waals surface area contributed by atoms with Crippen LogP contribution in [0.5, 0.6) is 0 Å². The Hall–Kier alpha value is -1.60. The molecular formula is C21H24Cl2N2O3S. The maximum absolute atomic E-state index is 13.2. The highest BCUT2D eigenvalue weighted by molar-refractivity contribution is 7.90. The molecule has 2 aromatic rings. The summed E-state index contributed by atoms with van der Waals surface area (Å²) in [5, 5.41) is 0.904. The molecular weight excluding hydrogens is 431 g/mol. The van der Waals surface area contributed by atoms with E-state index < -0.39 is 9.84 Å². The SMILES string of the molecule is CS(=O)(=O)c1cccc(C(=O)N(CCN2CCCC2)Cc2ccc(Cl)c(Cl)c2)c1. The van der Waals surface area contributed by atoms with Crippen LogP contribution in [0.25, 0.3) is 0 Å². The number of sulfone groups is 1. The van der Waals surface area contributed by atoms with Crippen LogP contribution in [0.15, 0.2) is 47.4 Å². The fraction of sp³-hybridized carbons (Fsp3) is 0.381. The lowest BCUT2D eigenvalue weighted by Gasteiger charge is -2.26. The largest absolute Gasteiger partial charge is 0.333 e. The first kappa shape index (κ1) is 22.1. The second kappa shape index (κ2) is 9.47. The molecule has 1 aliphatic heterocycles. The molecule has 0 aliphatic carbocycles. The van der Waals surface area contributed by atoms with E-state index in [2.05, 4.69) is 4.90 Å². The van der Waals surface area contributed by atoms with Crippen LogP contribution >= 0.6 is 23.2 Å². The fourth-order valence-corrected chi connectivity index (χ4v) is 4.41. The van der Waals surface area contributed by atoms with Crippen LogP contribution in [0.1, 0.15) is 28.8 Å². The topological polar surface area (TPSA) is 57.7 Å². The van der Waals surface area contributed by atoms with Crippen molar-refractivity contribution in [2.75, 3.05) is 32.4 Å². The first-order valence-electron chi connectivity index (χ1n) is 9.50.